The van der Waals surface area contributed by atoms with E-state index in [0.717, 1.165) is 12.1 Å². The van der Waals surface area contributed by atoms with Crippen LogP contribution in [0.4, 0.5) is 13.2 Å². The first-order valence-corrected chi connectivity index (χ1v) is 6.05. The molecule has 0 aliphatic carbocycles. The molecule has 100 valence electrons. The highest BCUT2D eigenvalue weighted by atomic mass is 127. The maximum Gasteiger partial charge on any atom is 0.416 e. The zero-order valence-electron chi connectivity index (χ0n) is 9.38. The van der Waals surface area contributed by atoms with Crippen molar-refractivity contribution in [3.8, 4) is 0 Å². The highest BCUT2D eigenvalue weighted by Gasteiger charge is 2.31. The van der Waals surface area contributed by atoms with E-state index in [4.69, 9.17) is 4.74 Å². The second-order valence-electron chi connectivity index (χ2n) is 3.27. The number of rotatable bonds is 4. The summed E-state index contributed by atoms with van der Waals surface area (Å²) in [5, 5.41) is 0. The van der Waals surface area contributed by atoms with Crippen LogP contribution >= 0.6 is 22.6 Å². The summed E-state index contributed by atoms with van der Waals surface area (Å²) in [5.74, 6) is -0.840. The molecule has 0 unspecified atom stereocenters. The third-order valence-corrected chi connectivity index (χ3v) is 2.56. The largest absolute Gasteiger partial charge is 0.435 e. The van der Waals surface area contributed by atoms with Crippen molar-refractivity contribution >= 4 is 28.6 Å². The Balaban J connectivity index is 2.89. The molecule has 0 saturated heterocycles. The smallest absolute Gasteiger partial charge is 0.416 e. The van der Waals surface area contributed by atoms with E-state index in [2.05, 4.69) is 4.74 Å². The van der Waals surface area contributed by atoms with Gasteiger partial charge in [0.05, 0.1) is 11.1 Å². The molecule has 1 rings (SSSR count). The second-order valence-corrected chi connectivity index (χ2v) is 4.51. The first-order chi connectivity index (χ1) is 8.34. The van der Waals surface area contributed by atoms with Crippen LogP contribution < -0.4 is 0 Å². The van der Waals surface area contributed by atoms with Gasteiger partial charge in [-0.2, -0.15) is 13.2 Å². The van der Waals surface area contributed by atoms with E-state index in [9.17, 15) is 18.0 Å². The predicted molar refractivity (Wildman–Crippen MR) is 66.1 cm³/mol. The van der Waals surface area contributed by atoms with Gasteiger partial charge in [-0.1, -0.05) is 0 Å². The van der Waals surface area contributed by atoms with Crippen LogP contribution in [-0.2, 0) is 15.7 Å². The van der Waals surface area contributed by atoms with Crippen LogP contribution in [0.5, 0.6) is 0 Å². The second kappa shape index (κ2) is 6.37. The third-order valence-electron chi connectivity index (χ3n) is 1.94. The van der Waals surface area contributed by atoms with Gasteiger partial charge in [0.15, 0.2) is 6.79 Å². The van der Waals surface area contributed by atoms with E-state index in [-0.39, 0.29) is 12.4 Å². The minimum Gasteiger partial charge on any atom is -0.435 e. The molecule has 0 atom stereocenters. The van der Waals surface area contributed by atoms with Crippen molar-refractivity contribution in [2.24, 2.45) is 0 Å². The molecule has 0 aliphatic heterocycles. The van der Waals surface area contributed by atoms with E-state index >= 15 is 0 Å². The first-order valence-electron chi connectivity index (χ1n) is 4.97. The van der Waals surface area contributed by atoms with Gasteiger partial charge in [-0.15, -0.1) is 0 Å². The number of esters is 1. The molecule has 0 fully saturated rings. The number of carbonyl (C=O) groups is 1. The Labute approximate surface area is 115 Å². The van der Waals surface area contributed by atoms with E-state index in [1.54, 1.807) is 29.5 Å². The fourth-order valence-corrected chi connectivity index (χ4v) is 1.80. The van der Waals surface area contributed by atoms with Gasteiger partial charge in [0.1, 0.15) is 0 Å². The summed E-state index contributed by atoms with van der Waals surface area (Å²) in [5.41, 5.74) is -1.02. The highest BCUT2D eigenvalue weighted by Crippen LogP contribution is 2.31. The fraction of sp³-hybridized carbons (Fsp3) is 0.364. The molecule has 7 heteroatoms. The molecule has 1 aromatic rings. The lowest BCUT2D eigenvalue weighted by molar-refractivity contribution is -0.137. The van der Waals surface area contributed by atoms with Crippen LogP contribution in [-0.4, -0.2) is 19.4 Å². The lowest BCUT2D eigenvalue weighted by Crippen LogP contribution is -2.12. The maximum absolute atomic E-state index is 12.5. The number of carbonyl (C=O) groups excluding carboxylic acids is 1. The van der Waals surface area contributed by atoms with E-state index in [1.165, 1.54) is 6.07 Å². The minimum absolute atomic E-state index is 0.145. The molecule has 0 amide bonds. The molecule has 3 nitrogen and oxygen atoms in total. The molecule has 0 radical (unpaired) electrons. The Morgan fingerprint density at radius 3 is 2.56 bits per heavy atom. The lowest BCUT2D eigenvalue weighted by atomic mass is 10.1. The lowest BCUT2D eigenvalue weighted by Gasteiger charge is -2.10. The van der Waals surface area contributed by atoms with Crippen LogP contribution in [0, 0.1) is 3.57 Å². The molecular weight excluding hydrogens is 364 g/mol. The summed E-state index contributed by atoms with van der Waals surface area (Å²) >= 11 is 1.71. The molecule has 0 aromatic heterocycles. The van der Waals surface area contributed by atoms with Gasteiger partial charge in [-0.05, 0) is 47.7 Å². The molecule has 0 saturated carbocycles. The topological polar surface area (TPSA) is 35.5 Å². The standard InChI is InChI=1S/C11H10F3IO3/c1-2-17-6-18-10(16)7-3-8(11(12,13)14)5-9(15)4-7/h3-5H,2,6H2,1H3. The zero-order chi connectivity index (χ0) is 13.8. The van der Waals surface area contributed by atoms with Gasteiger partial charge < -0.3 is 9.47 Å². The Kier molecular flexibility index (Phi) is 5.39. The quantitative estimate of drug-likeness (QED) is 0.351. The third kappa shape index (κ3) is 4.45. The summed E-state index contributed by atoms with van der Waals surface area (Å²) in [6.45, 7) is 1.79. The average molecular weight is 374 g/mol. The van der Waals surface area contributed by atoms with Crippen LogP contribution in [0.1, 0.15) is 22.8 Å². The fourth-order valence-electron chi connectivity index (χ4n) is 1.13. The Morgan fingerprint density at radius 1 is 1.33 bits per heavy atom. The van der Waals surface area contributed by atoms with Crippen LogP contribution in [0.15, 0.2) is 18.2 Å². The van der Waals surface area contributed by atoms with E-state index in [0.29, 0.717) is 10.2 Å². The summed E-state index contributed by atoms with van der Waals surface area (Å²) < 4.78 is 47.4. The van der Waals surface area contributed by atoms with Gasteiger partial charge in [0.25, 0.3) is 0 Å². The van der Waals surface area contributed by atoms with Crippen molar-refractivity contribution in [1.29, 1.82) is 0 Å². The SMILES string of the molecule is CCOCOC(=O)c1cc(I)cc(C(F)(F)F)c1. The number of ether oxygens (including phenoxy) is 2. The predicted octanol–water partition coefficient (Wildman–Crippen LogP) is 3.46. The molecule has 0 heterocycles. The van der Waals surface area contributed by atoms with Crippen molar-refractivity contribution in [2.75, 3.05) is 13.4 Å². The molecule has 1 aromatic carbocycles. The van der Waals surface area contributed by atoms with Crippen molar-refractivity contribution < 1.29 is 27.4 Å². The van der Waals surface area contributed by atoms with Gasteiger partial charge in [-0.25, -0.2) is 4.79 Å². The van der Waals surface area contributed by atoms with Crippen molar-refractivity contribution in [3.63, 3.8) is 0 Å². The molecular formula is C11H10F3IO3. The normalized spacial score (nSPS) is 11.4. The monoisotopic (exact) mass is 374 g/mol. The van der Waals surface area contributed by atoms with Crippen LogP contribution in [0.25, 0.3) is 0 Å². The van der Waals surface area contributed by atoms with Crippen LogP contribution in [0.2, 0.25) is 0 Å². The molecule has 0 spiro atoms. The molecule has 0 bridgehead atoms. The summed E-state index contributed by atoms with van der Waals surface area (Å²) in [6.07, 6.45) is -4.49. The average Bonchev–Trinajstić information content (AvgIpc) is 2.27. The van der Waals surface area contributed by atoms with Crippen LogP contribution in [0.3, 0.4) is 0 Å². The van der Waals surface area contributed by atoms with E-state index < -0.39 is 17.7 Å². The van der Waals surface area contributed by atoms with Crippen molar-refractivity contribution in [2.45, 2.75) is 13.1 Å². The first kappa shape index (κ1) is 15.2. The Hall–Kier alpha value is -0.830. The molecule has 0 N–H and O–H groups in total. The zero-order valence-corrected chi connectivity index (χ0v) is 11.5. The number of hydrogen-bond donors (Lipinski definition) is 0. The summed E-state index contributed by atoms with van der Waals surface area (Å²) in [4.78, 5) is 11.5. The van der Waals surface area contributed by atoms with E-state index in [1.807, 2.05) is 0 Å². The molecule has 18 heavy (non-hydrogen) atoms. The summed E-state index contributed by atoms with van der Waals surface area (Å²) in [7, 11) is 0. The number of halogens is 4. The van der Waals surface area contributed by atoms with Gasteiger partial charge in [0.2, 0.25) is 0 Å². The highest BCUT2D eigenvalue weighted by molar-refractivity contribution is 14.1. The van der Waals surface area contributed by atoms with Crippen molar-refractivity contribution in [1.82, 2.24) is 0 Å². The Bertz CT molecular complexity index is 432. The Morgan fingerprint density at radius 2 is 2.00 bits per heavy atom. The number of alkyl halides is 3. The number of hydrogen-bond acceptors (Lipinski definition) is 3. The maximum atomic E-state index is 12.5. The van der Waals surface area contributed by atoms with Gasteiger partial charge in [-0.3, -0.25) is 0 Å². The summed E-state index contributed by atoms with van der Waals surface area (Å²) in [6, 6.07) is 3.04. The number of benzene rings is 1. The van der Waals surface area contributed by atoms with Crippen molar-refractivity contribution in [3.05, 3.63) is 32.9 Å². The van der Waals surface area contributed by atoms with Gasteiger partial charge in [0, 0.05) is 10.2 Å². The minimum atomic E-state index is -4.49. The van der Waals surface area contributed by atoms with Gasteiger partial charge >= 0.3 is 12.1 Å². The molecule has 0 aliphatic rings.